The fourth-order valence-corrected chi connectivity index (χ4v) is 5.04. The summed E-state index contributed by atoms with van der Waals surface area (Å²) in [5.74, 6) is 0.762. The summed E-state index contributed by atoms with van der Waals surface area (Å²) in [4.78, 5) is 2.84. The van der Waals surface area contributed by atoms with Crippen molar-refractivity contribution >= 4 is 22.7 Å². The molecule has 0 saturated heterocycles. The third-order valence-corrected chi connectivity index (χ3v) is 7.38. The third-order valence-electron chi connectivity index (χ3n) is 5.50. The van der Waals surface area contributed by atoms with Gasteiger partial charge in [-0.2, -0.15) is 0 Å². The van der Waals surface area contributed by atoms with Crippen LogP contribution in [0, 0.1) is 16.7 Å². The molecule has 20 heavy (non-hydrogen) atoms. The van der Waals surface area contributed by atoms with E-state index in [0.717, 1.165) is 12.5 Å². The molecule has 2 aromatic rings. The Bertz CT molecular complexity index is 504. The maximum Gasteiger partial charge on any atom is 0.0764 e. The molecule has 108 valence electrons. The lowest BCUT2D eigenvalue weighted by molar-refractivity contribution is 0.457. The fraction of sp³-hybridized carbons (Fsp3) is 0.529. The maximum absolute atomic E-state index is 3.82. The maximum atomic E-state index is 3.82. The third kappa shape index (κ3) is 2.26. The molecule has 0 amide bonds. The summed E-state index contributed by atoms with van der Waals surface area (Å²) in [6.45, 7) is 10.7. The van der Waals surface area contributed by atoms with Gasteiger partial charge in [0.1, 0.15) is 0 Å². The molecule has 1 nitrogen and oxygen atoms in total. The van der Waals surface area contributed by atoms with E-state index < -0.39 is 0 Å². The van der Waals surface area contributed by atoms with Gasteiger partial charge in [-0.25, -0.2) is 0 Å². The first kappa shape index (κ1) is 14.3. The van der Waals surface area contributed by atoms with Gasteiger partial charge in [0.05, 0.1) is 6.04 Å². The van der Waals surface area contributed by atoms with E-state index in [2.05, 4.69) is 68.0 Å². The Morgan fingerprint density at radius 2 is 1.50 bits per heavy atom. The van der Waals surface area contributed by atoms with E-state index in [1.165, 1.54) is 9.75 Å². The van der Waals surface area contributed by atoms with Gasteiger partial charge in [-0.15, -0.1) is 22.7 Å². The smallest absolute Gasteiger partial charge is 0.0764 e. The zero-order valence-electron chi connectivity index (χ0n) is 12.6. The Balaban J connectivity index is 1.73. The number of hydrogen-bond acceptors (Lipinski definition) is 3. The Hall–Kier alpha value is -0.640. The Labute approximate surface area is 130 Å². The molecule has 0 radical (unpaired) electrons. The van der Waals surface area contributed by atoms with Crippen molar-refractivity contribution in [2.45, 2.75) is 33.7 Å². The van der Waals surface area contributed by atoms with E-state index in [1.54, 1.807) is 0 Å². The molecular weight excluding hydrogens is 282 g/mol. The molecule has 0 atom stereocenters. The number of thiophene rings is 2. The second kappa shape index (κ2) is 4.97. The quantitative estimate of drug-likeness (QED) is 0.803. The molecule has 2 heterocycles. The van der Waals surface area contributed by atoms with E-state index in [4.69, 9.17) is 0 Å². The van der Waals surface area contributed by atoms with Crippen LogP contribution in [-0.4, -0.2) is 6.54 Å². The number of rotatable bonds is 5. The van der Waals surface area contributed by atoms with Gasteiger partial charge in [-0.3, -0.25) is 0 Å². The number of nitrogens with one attached hydrogen (secondary N) is 1. The predicted octanol–water partition coefficient (Wildman–Crippen LogP) is 5.17. The van der Waals surface area contributed by atoms with Gasteiger partial charge < -0.3 is 5.32 Å². The summed E-state index contributed by atoms with van der Waals surface area (Å²) in [5.41, 5.74) is 0.908. The zero-order valence-corrected chi connectivity index (χ0v) is 14.3. The molecule has 3 heteroatoms. The van der Waals surface area contributed by atoms with Gasteiger partial charge in [-0.05, 0) is 46.2 Å². The molecule has 3 rings (SSSR count). The van der Waals surface area contributed by atoms with E-state index in [1.807, 2.05) is 22.7 Å². The first-order valence-electron chi connectivity index (χ1n) is 7.25. The topological polar surface area (TPSA) is 12.0 Å². The second-order valence-electron chi connectivity index (χ2n) is 6.87. The minimum Gasteiger partial charge on any atom is -0.305 e. The van der Waals surface area contributed by atoms with Crippen molar-refractivity contribution in [1.29, 1.82) is 0 Å². The highest BCUT2D eigenvalue weighted by Gasteiger charge is 2.63. The van der Waals surface area contributed by atoms with Crippen LogP contribution in [0.25, 0.3) is 0 Å². The molecule has 1 saturated carbocycles. The minimum atomic E-state index is 0.363. The SMILES string of the molecule is CC1(C)C(CNC(c2cccs2)c2cccs2)C1(C)C. The van der Waals surface area contributed by atoms with Crippen molar-refractivity contribution in [3.63, 3.8) is 0 Å². The van der Waals surface area contributed by atoms with Crippen LogP contribution in [-0.2, 0) is 0 Å². The summed E-state index contributed by atoms with van der Waals surface area (Å²) < 4.78 is 0. The van der Waals surface area contributed by atoms with E-state index >= 15 is 0 Å². The van der Waals surface area contributed by atoms with E-state index in [-0.39, 0.29) is 0 Å². The fourth-order valence-electron chi connectivity index (χ4n) is 3.33. The average Bonchev–Trinajstić information content (AvgIpc) is 2.94. The van der Waals surface area contributed by atoms with Crippen molar-refractivity contribution in [2.24, 2.45) is 16.7 Å². The first-order chi connectivity index (χ1) is 9.44. The first-order valence-corrected chi connectivity index (χ1v) is 9.00. The van der Waals surface area contributed by atoms with Crippen molar-refractivity contribution in [1.82, 2.24) is 5.32 Å². The molecule has 1 aliphatic rings. The van der Waals surface area contributed by atoms with Gasteiger partial charge in [0, 0.05) is 9.75 Å². The van der Waals surface area contributed by atoms with E-state index in [0.29, 0.717) is 16.9 Å². The minimum absolute atomic E-state index is 0.363. The van der Waals surface area contributed by atoms with Crippen LogP contribution in [0.2, 0.25) is 0 Å². The van der Waals surface area contributed by atoms with Gasteiger partial charge in [0.25, 0.3) is 0 Å². The van der Waals surface area contributed by atoms with Crippen molar-refractivity contribution in [3.8, 4) is 0 Å². The van der Waals surface area contributed by atoms with Gasteiger partial charge >= 0.3 is 0 Å². The highest BCUT2D eigenvalue weighted by atomic mass is 32.1. The van der Waals surface area contributed by atoms with Gasteiger partial charge in [0.2, 0.25) is 0 Å². The molecule has 1 fully saturated rings. The van der Waals surface area contributed by atoms with Crippen molar-refractivity contribution in [2.75, 3.05) is 6.54 Å². The molecule has 0 unspecified atom stereocenters. The van der Waals surface area contributed by atoms with Crippen LogP contribution in [0.15, 0.2) is 35.0 Å². The Morgan fingerprint density at radius 3 is 1.85 bits per heavy atom. The normalized spacial score (nSPS) is 20.4. The number of hydrogen-bond donors (Lipinski definition) is 1. The molecule has 0 aromatic carbocycles. The van der Waals surface area contributed by atoms with Crippen molar-refractivity contribution < 1.29 is 0 Å². The van der Waals surface area contributed by atoms with Gasteiger partial charge in [-0.1, -0.05) is 39.8 Å². The Morgan fingerprint density at radius 1 is 1.00 bits per heavy atom. The molecule has 2 aromatic heterocycles. The highest BCUT2D eigenvalue weighted by molar-refractivity contribution is 7.11. The predicted molar refractivity (Wildman–Crippen MR) is 89.5 cm³/mol. The monoisotopic (exact) mass is 305 g/mol. The lowest BCUT2D eigenvalue weighted by atomic mass is 10.0. The molecular formula is C17H23NS2. The second-order valence-corrected chi connectivity index (χ2v) is 8.83. The van der Waals surface area contributed by atoms with Crippen LogP contribution < -0.4 is 5.32 Å². The summed E-state index contributed by atoms with van der Waals surface area (Å²) in [6.07, 6.45) is 0. The van der Waals surface area contributed by atoms with E-state index in [9.17, 15) is 0 Å². The summed E-state index contributed by atoms with van der Waals surface area (Å²) in [7, 11) is 0. The molecule has 0 spiro atoms. The average molecular weight is 306 g/mol. The summed E-state index contributed by atoms with van der Waals surface area (Å²) in [5, 5.41) is 8.16. The largest absolute Gasteiger partial charge is 0.305 e. The van der Waals surface area contributed by atoms with Crippen LogP contribution in [0.1, 0.15) is 43.5 Å². The summed E-state index contributed by atoms with van der Waals surface area (Å²) >= 11 is 3.69. The van der Waals surface area contributed by atoms with Crippen molar-refractivity contribution in [3.05, 3.63) is 44.8 Å². The van der Waals surface area contributed by atoms with Crippen LogP contribution in [0.3, 0.4) is 0 Å². The molecule has 0 bridgehead atoms. The highest BCUT2D eigenvalue weighted by Crippen LogP contribution is 2.68. The molecule has 1 N–H and O–H groups in total. The standard InChI is InChI=1S/C17H23NS2/c1-16(2)14(17(16,3)4)11-18-15(12-7-5-9-19-12)13-8-6-10-20-13/h5-10,14-15,18H,11H2,1-4H3. The van der Waals surface area contributed by atoms with Crippen LogP contribution in [0.4, 0.5) is 0 Å². The zero-order chi connectivity index (χ0) is 14.4. The summed E-state index contributed by atoms with van der Waals surface area (Å²) in [6, 6.07) is 9.14. The van der Waals surface area contributed by atoms with Crippen LogP contribution in [0.5, 0.6) is 0 Å². The Kier molecular flexibility index (Phi) is 3.56. The van der Waals surface area contributed by atoms with Gasteiger partial charge in [0.15, 0.2) is 0 Å². The molecule has 1 aliphatic carbocycles. The lowest BCUT2D eigenvalue weighted by Crippen LogP contribution is -2.24. The van der Waals surface area contributed by atoms with Crippen LogP contribution >= 0.6 is 22.7 Å². The molecule has 0 aliphatic heterocycles. The lowest BCUT2D eigenvalue weighted by Gasteiger charge is -2.17.